The summed E-state index contributed by atoms with van der Waals surface area (Å²) in [6, 6.07) is 0. The van der Waals surface area contributed by atoms with Crippen molar-refractivity contribution in [2.45, 2.75) is 32.6 Å². The van der Waals surface area contributed by atoms with Gasteiger partial charge in [-0.15, -0.1) is 0 Å². The molecule has 0 radical (unpaired) electrons. The van der Waals surface area contributed by atoms with Gasteiger partial charge in [-0.1, -0.05) is 13.8 Å². The molecule has 2 atom stereocenters. The monoisotopic (exact) mass is 249 g/mol. The van der Waals surface area contributed by atoms with Gasteiger partial charge < -0.3 is 0 Å². The van der Waals surface area contributed by atoms with E-state index in [9.17, 15) is 9.59 Å². The van der Waals surface area contributed by atoms with Crippen LogP contribution in [0.5, 0.6) is 0 Å². The topological polar surface area (TPSA) is 64.0 Å². The molecule has 0 aliphatic carbocycles. The molecule has 1 aromatic rings. The van der Waals surface area contributed by atoms with E-state index in [0.29, 0.717) is 12.3 Å². The Kier molecular flexibility index (Phi) is 3.50. The van der Waals surface area contributed by atoms with Gasteiger partial charge >= 0.3 is 0 Å². The zero-order valence-corrected chi connectivity index (χ0v) is 11.0. The van der Waals surface area contributed by atoms with Crippen LogP contribution in [-0.2, 0) is 16.6 Å². The van der Waals surface area contributed by atoms with Gasteiger partial charge in [0, 0.05) is 31.5 Å². The Hall–Kier alpha value is -1.65. The number of rotatable bonds is 3. The minimum Gasteiger partial charge on any atom is -0.296 e. The van der Waals surface area contributed by atoms with E-state index >= 15 is 0 Å². The molecule has 2 rings (SSSR count). The number of carbonyl (C=O) groups excluding carboxylic acids is 2. The molecule has 1 aromatic heterocycles. The Bertz CT molecular complexity index is 465. The third-order valence-electron chi connectivity index (χ3n) is 3.37. The van der Waals surface area contributed by atoms with Gasteiger partial charge in [-0.05, 0) is 17.9 Å². The summed E-state index contributed by atoms with van der Waals surface area (Å²) in [6.45, 7) is 4.17. The predicted octanol–water partition coefficient (Wildman–Crippen LogP) is 1.21. The first kappa shape index (κ1) is 12.8. The number of carbonyl (C=O) groups is 2. The zero-order chi connectivity index (χ0) is 13.3. The number of aromatic nitrogens is 2. The zero-order valence-electron chi connectivity index (χ0n) is 11.0. The second-order valence-corrected chi connectivity index (χ2v) is 5.41. The molecule has 1 N–H and O–H groups in total. The van der Waals surface area contributed by atoms with Gasteiger partial charge in [0.1, 0.15) is 0 Å². The minimum absolute atomic E-state index is 0.0395. The van der Waals surface area contributed by atoms with Crippen molar-refractivity contribution >= 4 is 11.8 Å². The molecule has 1 saturated heterocycles. The van der Waals surface area contributed by atoms with Crippen LogP contribution in [0.4, 0.5) is 0 Å². The number of nitrogens with one attached hydrogen (secondary N) is 1. The molecule has 0 aromatic carbocycles. The number of aryl methyl sites for hydroxylation is 1. The quantitative estimate of drug-likeness (QED) is 0.819. The van der Waals surface area contributed by atoms with E-state index in [1.807, 2.05) is 13.2 Å². The van der Waals surface area contributed by atoms with E-state index in [2.05, 4.69) is 24.3 Å². The van der Waals surface area contributed by atoms with E-state index in [1.165, 1.54) is 0 Å². The van der Waals surface area contributed by atoms with Crippen molar-refractivity contribution in [3.05, 3.63) is 18.0 Å². The third kappa shape index (κ3) is 2.60. The molecule has 1 fully saturated rings. The van der Waals surface area contributed by atoms with E-state index in [1.54, 1.807) is 10.9 Å². The van der Waals surface area contributed by atoms with Crippen LogP contribution in [0.3, 0.4) is 0 Å². The van der Waals surface area contributed by atoms with Crippen LogP contribution >= 0.6 is 0 Å². The van der Waals surface area contributed by atoms with E-state index in [4.69, 9.17) is 0 Å². The van der Waals surface area contributed by atoms with Gasteiger partial charge in [0.2, 0.25) is 11.8 Å². The van der Waals surface area contributed by atoms with Gasteiger partial charge in [-0.2, -0.15) is 5.10 Å². The molecule has 2 unspecified atom stereocenters. The van der Waals surface area contributed by atoms with Crippen LogP contribution in [0.15, 0.2) is 12.4 Å². The fraction of sp³-hybridized carbons (Fsp3) is 0.615. The van der Waals surface area contributed by atoms with Gasteiger partial charge in [0.25, 0.3) is 0 Å². The molecule has 5 nitrogen and oxygen atoms in total. The number of hydrogen-bond acceptors (Lipinski definition) is 3. The number of piperidine rings is 1. The highest BCUT2D eigenvalue weighted by molar-refractivity contribution is 5.99. The molecule has 1 aliphatic heterocycles. The van der Waals surface area contributed by atoms with Crippen LogP contribution in [0.25, 0.3) is 0 Å². The first-order chi connectivity index (χ1) is 8.47. The largest absolute Gasteiger partial charge is 0.296 e. The molecule has 2 amide bonds. The summed E-state index contributed by atoms with van der Waals surface area (Å²) in [7, 11) is 1.84. The highest BCUT2D eigenvalue weighted by Crippen LogP contribution is 2.34. The summed E-state index contributed by atoms with van der Waals surface area (Å²) >= 11 is 0. The van der Waals surface area contributed by atoms with Crippen molar-refractivity contribution in [3.8, 4) is 0 Å². The highest BCUT2D eigenvalue weighted by Gasteiger charge is 2.37. The maximum absolute atomic E-state index is 12.0. The number of imide groups is 1. The third-order valence-corrected chi connectivity index (χ3v) is 3.37. The summed E-state index contributed by atoms with van der Waals surface area (Å²) in [5.74, 6) is -0.0787. The van der Waals surface area contributed by atoms with Crippen LogP contribution in [0.2, 0.25) is 0 Å². The van der Waals surface area contributed by atoms with Gasteiger partial charge in [0.15, 0.2) is 0 Å². The lowest BCUT2D eigenvalue weighted by Gasteiger charge is -2.30. The number of nitrogens with zero attached hydrogens (tertiary/aromatic N) is 2. The Morgan fingerprint density at radius 1 is 1.50 bits per heavy atom. The molecular formula is C13H19N3O2. The predicted molar refractivity (Wildman–Crippen MR) is 66.7 cm³/mol. The van der Waals surface area contributed by atoms with Gasteiger partial charge in [0.05, 0.1) is 6.20 Å². The fourth-order valence-electron chi connectivity index (χ4n) is 2.57. The van der Waals surface area contributed by atoms with Crippen LogP contribution in [0, 0.1) is 11.8 Å². The van der Waals surface area contributed by atoms with Gasteiger partial charge in [-0.3, -0.25) is 19.6 Å². The molecule has 0 bridgehead atoms. The fourth-order valence-corrected chi connectivity index (χ4v) is 2.57. The van der Waals surface area contributed by atoms with Crippen molar-refractivity contribution in [2.24, 2.45) is 18.9 Å². The SMILES string of the molecule is CC(C)CC1C(=O)NC(=O)CC1c1cnn(C)c1. The van der Waals surface area contributed by atoms with Crippen molar-refractivity contribution < 1.29 is 9.59 Å². The molecule has 0 spiro atoms. The van der Waals surface area contributed by atoms with Crippen molar-refractivity contribution in [2.75, 3.05) is 0 Å². The first-order valence-electron chi connectivity index (χ1n) is 6.29. The minimum atomic E-state index is -0.186. The Morgan fingerprint density at radius 2 is 2.22 bits per heavy atom. The summed E-state index contributed by atoms with van der Waals surface area (Å²) in [4.78, 5) is 23.5. The molecular weight excluding hydrogens is 230 g/mol. The molecule has 0 saturated carbocycles. The summed E-state index contributed by atoms with van der Waals surface area (Å²) in [5.41, 5.74) is 0.978. The Labute approximate surface area is 107 Å². The summed E-state index contributed by atoms with van der Waals surface area (Å²) < 4.78 is 1.71. The second kappa shape index (κ2) is 4.92. The van der Waals surface area contributed by atoms with Gasteiger partial charge in [-0.25, -0.2) is 0 Å². The Balaban J connectivity index is 2.27. The normalized spacial score (nSPS) is 24.4. The summed E-state index contributed by atoms with van der Waals surface area (Å²) in [5, 5.41) is 6.57. The second-order valence-electron chi connectivity index (χ2n) is 5.41. The Morgan fingerprint density at radius 3 is 2.78 bits per heavy atom. The first-order valence-corrected chi connectivity index (χ1v) is 6.29. The lowest BCUT2D eigenvalue weighted by molar-refractivity contribution is -0.137. The molecule has 98 valence electrons. The highest BCUT2D eigenvalue weighted by atomic mass is 16.2. The number of hydrogen-bond donors (Lipinski definition) is 1. The molecule has 5 heteroatoms. The maximum Gasteiger partial charge on any atom is 0.230 e. The lowest BCUT2D eigenvalue weighted by atomic mass is 9.77. The van der Waals surface area contributed by atoms with Crippen LogP contribution in [0.1, 0.15) is 38.2 Å². The van der Waals surface area contributed by atoms with E-state index in [-0.39, 0.29) is 23.7 Å². The standard InChI is InChI=1S/C13H19N3O2/c1-8(2)4-11-10(5-12(17)15-13(11)18)9-6-14-16(3)7-9/h6-8,10-11H,4-5H2,1-3H3,(H,15,17,18). The molecule has 18 heavy (non-hydrogen) atoms. The lowest BCUT2D eigenvalue weighted by Crippen LogP contribution is -2.45. The number of amides is 2. The van der Waals surface area contributed by atoms with Crippen molar-refractivity contribution in [3.63, 3.8) is 0 Å². The van der Waals surface area contributed by atoms with Crippen molar-refractivity contribution in [1.29, 1.82) is 0 Å². The average molecular weight is 249 g/mol. The van der Waals surface area contributed by atoms with E-state index in [0.717, 1.165) is 12.0 Å². The van der Waals surface area contributed by atoms with Crippen LogP contribution in [-0.4, -0.2) is 21.6 Å². The smallest absolute Gasteiger partial charge is 0.230 e. The van der Waals surface area contributed by atoms with Crippen LogP contribution < -0.4 is 5.32 Å². The van der Waals surface area contributed by atoms with Crippen molar-refractivity contribution in [1.82, 2.24) is 15.1 Å². The molecule has 2 heterocycles. The summed E-state index contributed by atoms with van der Waals surface area (Å²) in [6.07, 6.45) is 4.81. The average Bonchev–Trinajstić information content (AvgIpc) is 2.68. The molecule has 1 aliphatic rings. The maximum atomic E-state index is 12.0. The van der Waals surface area contributed by atoms with E-state index < -0.39 is 0 Å².